The van der Waals surface area contributed by atoms with Gasteiger partial charge in [0, 0.05) is 35.2 Å². The Morgan fingerprint density at radius 3 is 2.63 bits per heavy atom. The molecule has 1 aromatic heterocycles. The van der Waals surface area contributed by atoms with Crippen LogP contribution < -0.4 is 0 Å². The zero-order valence-electron chi connectivity index (χ0n) is 16.8. The van der Waals surface area contributed by atoms with Crippen LogP contribution in [0.5, 0.6) is 0 Å². The second-order valence-corrected chi connectivity index (χ2v) is 8.30. The lowest BCUT2D eigenvalue weighted by atomic mass is 10.1. The first-order chi connectivity index (χ1) is 14.5. The first-order valence-electron chi connectivity index (χ1n) is 9.86. The van der Waals surface area contributed by atoms with E-state index in [2.05, 4.69) is 10.6 Å². The van der Waals surface area contributed by atoms with E-state index < -0.39 is 0 Å². The Morgan fingerprint density at radius 1 is 1.13 bits per heavy atom. The highest BCUT2D eigenvalue weighted by Crippen LogP contribution is 2.35. The van der Waals surface area contributed by atoms with Crippen molar-refractivity contribution in [3.05, 3.63) is 76.3 Å². The quantitative estimate of drug-likeness (QED) is 0.524. The molecule has 1 fully saturated rings. The van der Waals surface area contributed by atoms with Gasteiger partial charge in [0.2, 0.25) is 0 Å². The summed E-state index contributed by atoms with van der Waals surface area (Å²) < 4.78 is 2.08. The number of imide groups is 1. The fourth-order valence-electron chi connectivity index (χ4n) is 3.66. The Bertz CT molecular complexity index is 1220. The van der Waals surface area contributed by atoms with Crippen molar-refractivity contribution in [2.24, 2.45) is 0 Å². The molecule has 1 aliphatic rings. The van der Waals surface area contributed by atoms with Gasteiger partial charge in [0.25, 0.3) is 11.1 Å². The van der Waals surface area contributed by atoms with Gasteiger partial charge in [-0.15, -0.1) is 0 Å². The third kappa shape index (κ3) is 3.53. The second kappa shape index (κ2) is 8.21. The third-order valence-corrected chi connectivity index (χ3v) is 6.32. The lowest BCUT2D eigenvalue weighted by Crippen LogP contribution is -2.36. The fraction of sp³-hybridized carbons (Fsp3) is 0.208. The Hall–Kier alpha value is -3.30. The van der Waals surface area contributed by atoms with E-state index in [1.165, 1.54) is 4.90 Å². The largest absolute Gasteiger partial charge is 0.342 e. The van der Waals surface area contributed by atoms with Crippen molar-refractivity contribution in [1.29, 1.82) is 5.26 Å². The molecular formula is C24H21N3O2S. The van der Waals surface area contributed by atoms with E-state index in [4.69, 9.17) is 0 Å². The minimum Gasteiger partial charge on any atom is -0.342 e. The van der Waals surface area contributed by atoms with E-state index in [9.17, 15) is 14.9 Å². The minimum absolute atomic E-state index is 0.118. The highest BCUT2D eigenvalue weighted by Gasteiger charge is 2.37. The normalized spacial score (nSPS) is 16.4. The standard InChI is InChI=1S/C24H21N3O2S/c1-3-16(2)27-23(28)22(30-24(27)29)12-19-15-26(21-11-7-6-10-20(19)21)14-18-9-5-4-8-17(18)13-25/h4-12,15-16H,3,14H2,1-2H3/b22-12+. The van der Waals surface area contributed by atoms with E-state index in [0.29, 0.717) is 17.0 Å². The highest BCUT2D eigenvalue weighted by molar-refractivity contribution is 8.18. The molecule has 2 aromatic carbocycles. The predicted octanol–water partition coefficient (Wildman–Crippen LogP) is 5.40. The van der Waals surface area contributed by atoms with Gasteiger partial charge in [0.15, 0.2) is 0 Å². The number of hydrogen-bond donors (Lipinski definition) is 0. The molecule has 1 aliphatic heterocycles. The number of aromatic nitrogens is 1. The molecule has 4 rings (SSSR count). The molecule has 0 radical (unpaired) electrons. The van der Waals surface area contributed by atoms with Crippen LogP contribution in [0, 0.1) is 11.3 Å². The molecule has 2 heterocycles. The second-order valence-electron chi connectivity index (χ2n) is 7.31. The molecule has 0 N–H and O–H groups in total. The Kier molecular flexibility index (Phi) is 5.47. The molecule has 1 saturated heterocycles. The summed E-state index contributed by atoms with van der Waals surface area (Å²) in [4.78, 5) is 27.0. The average Bonchev–Trinajstić information content (AvgIpc) is 3.25. The summed E-state index contributed by atoms with van der Waals surface area (Å²) in [6.07, 6.45) is 4.52. The molecule has 3 aromatic rings. The summed E-state index contributed by atoms with van der Waals surface area (Å²) in [6, 6.07) is 17.6. The number of fused-ring (bicyclic) bond motifs is 1. The van der Waals surface area contributed by atoms with Crippen LogP contribution in [0.2, 0.25) is 0 Å². The van der Waals surface area contributed by atoms with Crippen LogP contribution in [0.25, 0.3) is 17.0 Å². The van der Waals surface area contributed by atoms with Crippen molar-refractivity contribution < 1.29 is 9.59 Å². The lowest BCUT2D eigenvalue weighted by Gasteiger charge is -2.19. The number of thioether (sulfide) groups is 1. The number of nitrogens with zero attached hydrogens (tertiary/aromatic N) is 3. The van der Waals surface area contributed by atoms with Crippen LogP contribution in [0.3, 0.4) is 0 Å². The number of para-hydroxylation sites is 1. The van der Waals surface area contributed by atoms with Gasteiger partial charge < -0.3 is 4.57 Å². The van der Waals surface area contributed by atoms with E-state index in [1.807, 2.05) is 74.7 Å². The van der Waals surface area contributed by atoms with Gasteiger partial charge in [-0.25, -0.2) is 0 Å². The van der Waals surface area contributed by atoms with Crippen molar-refractivity contribution in [2.75, 3.05) is 0 Å². The summed E-state index contributed by atoms with van der Waals surface area (Å²) >= 11 is 0.994. The molecule has 5 nitrogen and oxygen atoms in total. The van der Waals surface area contributed by atoms with Crippen molar-refractivity contribution in [2.45, 2.75) is 32.9 Å². The lowest BCUT2D eigenvalue weighted by molar-refractivity contribution is -0.124. The molecule has 0 spiro atoms. The van der Waals surface area contributed by atoms with Gasteiger partial charge in [-0.05, 0) is 48.9 Å². The van der Waals surface area contributed by atoms with Crippen LogP contribution in [-0.4, -0.2) is 26.7 Å². The average molecular weight is 416 g/mol. The highest BCUT2D eigenvalue weighted by atomic mass is 32.2. The van der Waals surface area contributed by atoms with Gasteiger partial charge in [0.1, 0.15) is 0 Å². The van der Waals surface area contributed by atoms with E-state index in [-0.39, 0.29) is 17.2 Å². The third-order valence-electron chi connectivity index (χ3n) is 5.44. The molecule has 150 valence electrons. The number of carbonyl (C=O) groups is 2. The van der Waals surface area contributed by atoms with Gasteiger partial charge in [0.05, 0.1) is 16.5 Å². The molecule has 0 aliphatic carbocycles. The number of benzene rings is 2. The van der Waals surface area contributed by atoms with Gasteiger partial charge in [-0.3, -0.25) is 14.5 Å². The van der Waals surface area contributed by atoms with Crippen molar-refractivity contribution in [3.63, 3.8) is 0 Å². The van der Waals surface area contributed by atoms with Gasteiger partial charge in [-0.2, -0.15) is 5.26 Å². The van der Waals surface area contributed by atoms with Crippen molar-refractivity contribution in [3.8, 4) is 6.07 Å². The van der Waals surface area contributed by atoms with Crippen molar-refractivity contribution in [1.82, 2.24) is 9.47 Å². The van der Waals surface area contributed by atoms with Crippen LogP contribution in [0.4, 0.5) is 4.79 Å². The molecular weight excluding hydrogens is 394 g/mol. The molecule has 30 heavy (non-hydrogen) atoms. The van der Waals surface area contributed by atoms with Crippen LogP contribution in [-0.2, 0) is 11.3 Å². The maximum atomic E-state index is 12.8. The Labute approximate surface area is 179 Å². The minimum atomic E-state index is -0.231. The number of nitriles is 1. The summed E-state index contributed by atoms with van der Waals surface area (Å²) in [5.41, 5.74) is 3.48. The molecule has 2 amide bonds. The van der Waals surface area contributed by atoms with Gasteiger partial charge >= 0.3 is 0 Å². The Balaban J connectivity index is 1.75. The first-order valence-corrected chi connectivity index (χ1v) is 10.7. The number of carbonyl (C=O) groups excluding carboxylic acids is 2. The summed E-state index contributed by atoms with van der Waals surface area (Å²) in [7, 11) is 0. The molecule has 1 atom stereocenters. The number of amides is 2. The predicted molar refractivity (Wildman–Crippen MR) is 120 cm³/mol. The van der Waals surface area contributed by atoms with Gasteiger partial charge in [-0.1, -0.05) is 43.3 Å². The number of rotatable bonds is 5. The van der Waals surface area contributed by atoms with Crippen LogP contribution in [0.15, 0.2) is 59.6 Å². The molecule has 6 heteroatoms. The first kappa shape index (κ1) is 20.0. The molecule has 0 saturated carbocycles. The van der Waals surface area contributed by atoms with Crippen LogP contribution >= 0.6 is 11.8 Å². The number of hydrogen-bond acceptors (Lipinski definition) is 4. The molecule has 0 bridgehead atoms. The zero-order valence-corrected chi connectivity index (χ0v) is 17.6. The fourth-order valence-corrected chi connectivity index (χ4v) is 4.58. The van der Waals surface area contributed by atoms with E-state index >= 15 is 0 Å². The maximum Gasteiger partial charge on any atom is 0.293 e. The van der Waals surface area contributed by atoms with Crippen LogP contribution in [0.1, 0.15) is 37.0 Å². The van der Waals surface area contributed by atoms with E-state index in [0.717, 1.165) is 40.2 Å². The maximum absolute atomic E-state index is 12.8. The smallest absolute Gasteiger partial charge is 0.293 e. The summed E-state index contributed by atoms with van der Waals surface area (Å²) in [6.45, 7) is 4.40. The molecule has 1 unspecified atom stereocenters. The zero-order chi connectivity index (χ0) is 21.3. The van der Waals surface area contributed by atoms with E-state index in [1.54, 1.807) is 0 Å². The Morgan fingerprint density at radius 2 is 1.87 bits per heavy atom. The summed E-state index contributed by atoms with van der Waals surface area (Å²) in [5.74, 6) is -0.231. The SMILES string of the molecule is CCC(C)N1C(=O)S/C(=C/c2cn(Cc3ccccc3C#N)c3ccccc23)C1=O. The monoisotopic (exact) mass is 415 g/mol. The van der Waals surface area contributed by atoms with Crippen molar-refractivity contribution >= 4 is 39.9 Å². The topological polar surface area (TPSA) is 66.1 Å². The summed E-state index contributed by atoms with van der Waals surface area (Å²) in [5, 5.41) is 10.2.